The summed E-state index contributed by atoms with van der Waals surface area (Å²) >= 11 is 0. The largest absolute Gasteiger partial charge is 0.477 e. The van der Waals surface area contributed by atoms with Crippen molar-refractivity contribution in [3.05, 3.63) is 51.9 Å². The van der Waals surface area contributed by atoms with E-state index in [2.05, 4.69) is 4.90 Å². The van der Waals surface area contributed by atoms with Crippen LogP contribution in [0.3, 0.4) is 0 Å². The van der Waals surface area contributed by atoms with Crippen LogP contribution < -0.4 is 10.4 Å². The second-order valence-electron chi connectivity index (χ2n) is 6.44. The van der Waals surface area contributed by atoms with Crippen LogP contribution in [0.4, 0.5) is 0 Å². The predicted octanol–water partition coefficient (Wildman–Crippen LogP) is 2.79. The number of hydrogen-bond donors (Lipinski definition) is 1. The molecule has 0 bridgehead atoms. The molecule has 1 aliphatic rings. The van der Waals surface area contributed by atoms with E-state index in [9.17, 15) is 9.90 Å². The molecule has 3 aromatic rings. The molecule has 0 saturated heterocycles. The van der Waals surface area contributed by atoms with E-state index in [4.69, 9.17) is 9.15 Å². The van der Waals surface area contributed by atoms with Gasteiger partial charge in [-0.1, -0.05) is 18.2 Å². The predicted molar refractivity (Wildman–Crippen MR) is 92.3 cm³/mol. The van der Waals surface area contributed by atoms with Crippen LogP contribution in [-0.2, 0) is 6.54 Å². The molecule has 5 nitrogen and oxygen atoms in total. The van der Waals surface area contributed by atoms with Gasteiger partial charge in [0.2, 0.25) is 0 Å². The zero-order chi connectivity index (χ0) is 16.8. The average molecular weight is 325 g/mol. The fourth-order valence-electron chi connectivity index (χ4n) is 3.48. The van der Waals surface area contributed by atoms with E-state index in [0.29, 0.717) is 30.8 Å². The van der Waals surface area contributed by atoms with Crippen LogP contribution in [0.5, 0.6) is 5.75 Å². The number of aliphatic hydroxyl groups excluding tert-OH is 1. The third kappa shape index (κ3) is 2.37. The van der Waals surface area contributed by atoms with Crippen molar-refractivity contribution in [2.24, 2.45) is 0 Å². The van der Waals surface area contributed by atoms with Crippen molar-refractivity contribution in [1.82, 2.24) is 4.90 Å². The topological polar surface area (TPSA) is 62.9 Å². The molecule has 1 aliphatic heterocycles. The Bertz CT molecular complexity index is 990. The SMILES string of the molecule is Cc1c2c(cc3c1oc(=O)c1ccccc13)CN(CC(C)O)CO2. The van der Waals surface area contributed by atoms with Gasteiger partial charge in [-0.2, -0.15) is 0 Å². The number of β-amino-alcohol motifs (C(OH)–C–C–N with tert-alkyl or cyclic N) is 1. The maximum atomic E-state index is 12.2. The normalized spacial score (nSPS) is 16.1. The highest BCUT2D eigenvalue weighted by Crippen LogP contribution is 2.36. The molecule has 4 rings (SSSR count). The Morgan fingerprint density at radius 1 is 1.25 bits per heavy atom. The van der Waals surface area contributed by atoms with Crippen LogP contribution in [0.1, 0.15) is 18.1 Å². The highest BCUT2D eigenvalue weighted by Gasteiger charge is 2.23. The molecule has 0 amide bonds. The number of nitrogens with zero attached hydrogens (tertiary/aromatic N) is 1. The fourth-order valence-corrected chi connectivity index (χ4v) is 3.48. The Kier molecular flexibility index (Phi) is 3.55. The van der Waals surface area contributed by atoms with Crippen LogP contribution in [0.25, 0.3) is 21.7 Å². The van der Waals surface area contributed by atoms with Gasteiger partial charge < -0.3 is 14.3 Å². The first-order valence-electron chi connectivity index (χ1n) is 8.06. The highest BCUT2D eigenvalue weighted by atomic mass is 16.5. The summed E-state index contributed by atoms with van der Waals surface area (Å²) < 4.78 is 11.5. The van der Waals surface area contributed by atoms with Crippen LogP contribution in [0.15, 0.2) is 39.5 Å². The number of benzene rings is 2. The summed E-state index contributed by atoms with van der Waals surface area (Å²) in [5.74, 6) is 0.780. The Hall–Kier alpha value is -2.37. The highest BCUT2D eigenvalue weighted by molar-refractivity contribution is 6.06. The van der Waals surface area contributed by atoms with E-state index in [1.807, 2.05) is 31.2 Å². The summed E-state index contributed by atoms with van der Waals surface area (Å²) in [6.07, 6.45) is -0.407. The summed E-state index contributed by atoms with van der Waals surface area (Å²) in [6, 6.07) is 9.52. The summed E-state index contributed by atoms with van der Waals surface area (Å²) in [5.41, 5.74) is 2.15. The lowest BCUT2D eigenvalue weighted by molar-refractivity contribution is 0.0498. The van der Waals surface area contributed by atoms with E-state index in [1.165, 1.54) is 0 Å². The van der Waals surface area contributed by atoms with Crippen molar-refractivity contribution in [3.63, 3.8) is 0 Å². The van der Waals surface area contributed by atoms with Gasteiger partial charge in [0.05, 0.1) is 11.5 Å². The second kappa shape index (κ2) is 5.61. The maximum Gasteiger partial charge on any atom is 0.344 e. The van der Waals surface area contributed by atoms with Gasteiger partial charge in [0.15, 0.2) is 0 Å². The van der Waals surface area contributed by atoms with Crippen molar-refractivity contribution in [2.45, 2.75) is 26.5 Å². The summed E-state index contributed by atoms with van der Waals surface area (Å²) in [4.78, 5) is 14.3. The van der Waals surface area contributed by atoms with Gasteiger partial charge in [0.1, 0.15) is 18.1 Å². The molecule has 124 valence electrons. The Balaban J connectivity index is 1.95. The Labute approximate surface area is 139 Å². The van der Waals surface area contributed by atoms with E-state index in [-0.39, 0.29) is 5.63 Å². The number of ether oxygens (including phenoxy) is 1. The fraction of sp³-hybridized carbons (Fsp3) is 0.316. The van der Waals surface area contributed by atoms with E-state index >= 15 is 0 Å². The molecule has 5 heteroatoms. The second-order valence-corrected chi connectivity index (χ2v) is 6.44. The van der Waals surface area contributed by atoms with Crippen molar-refractivity contribution in [3.8, 4) is 5.75 Å². The average Bonchev–Trinajstić information content (AvgIpc) is 2.56. The van der Waals surface area contributed by atoms with Crippen LogP contribution in [0, 0.1) is 6.92 Å². The van der Waals surface area contributed by atoms with Crippen molar-refractivity contribution in [1.29, 1.82) is 0 Å². The van der Waals surface area contributed by atoms with Gasteiger partial charge in [-0.25, -0.2) is 4.79 Å². The third-order valence-electron chi connectivity index (χ3n) is 4.48. The summed E-state index contributed by atoms with van der Waals surface area (Å²) in [7, 11) is 0. The minimum Gasteiger partial charge on any atom is -0.477 e. The monoisotopic (exact) mass is 325 g/mol. The summed E-state index contributed by atoms with van der Waals surface area (Å²) in [5, 5.41) is 12.0. The van der Waals surface area contributed by atoms with Gasteiger partial charge in [0, 0.05) is 29.6 Å². The molecule has 1 aromatic heterocycles. The quantitative estimate of drug-likeness (QED) is 0.580. The van der Waals surface area contributed by atoms with Crippen LogP contribution in [-0.4, -0.2) is 29.4 Å². The molecule has 0 aliphatic carbocycles. The zero-order valence-electron chi connectivity index (χ0n) is 13.7. The van der Waals surface area contributed by atoms with E-state index < -0.39 is 6.10 Å². The van der Waals surface area contributed by atoms with Gasteiger partial charge in [-0.05, 0) is 31.4 Å². The number of aliphatic hydroxyl groups is 1. The smallest absolute Gasteiger partial charge is 0.344 e. The van der Waals surface area contributed by atoms with Gasteiger partial charge in [-0.15, -0.1) is 0 Å². The molecule has 0 spiro atoms. The Morgan fingerprint density at radius 2 is 2.00 bits per heavy atom. The molecular formula is C19H19NO4. The number of hydrogen-bond acceptors (Lipinski definition) is 5. The molecule has 0 saturated carbocycles. The molecule has 2 aromatic carbocycles. The van der Waals surface area contributed by atoms with E-state index in [1.54, 1.807) is 13.0 Å². The van der Waals surface area contributed by atoms with Crippen LogP contribution >= 0.6 is 0 Å². The van der Waals surface area contributed by atoms with Crippen molar-refractivity contribution < 1.29 is 14.3 Å². The minimum absolute atomic E-state index is 0.326. The lowest BCUT2D eigenvalue weighted by Crippen LogP contribution is -2.37. The Morgan fingerprint density at radius 3 is 2.75 bits per heavy atom. The molecule has 1 atom stereocenters. The maximum absolute atomic E-state index is 12.2. The molecular weight excluding hydrogens is 306 g/mol. The number of rotatable bonds is 2. The molecule has 24 heavy (non-hydrogen) atoms. The molecule has 0 radical (unpaired) electrons. The van der Waals surface area contributed by atoms with Gasteiger partial charge >= 0.3 is 5.63 Å². The first kappa shape index (κ1) is 15.2. The number of aryl methyl sites for hydroxylation is 1. The zero-order valence-corrected chi connectivity index (χ0v) is 13.7. The minimum atomic E-state index is -0.407. The van der Waals surface area contributed by atoms with E-state index in [0.717, 1.165) is 27.6 Å². The van der Waals surface area contributed by atoms with Crippen LogP contribution in [0.2, 0.25) is 0 Å². The lowest BCUT2D eigenvalue weighted by atomic mass is 10.00. The standard InChI is InChI=1S/C19H19NO4/c1-11(21)8-20-9-13-7-16-14-5-3-4-6-15(14)19(22)24-18(16)12(2)17(13)23-10-20/h3-7,11,21H,8-10H2,1-2H3. The number of fused-ring (bicyclic) bond motifs is 4. The molecule has 1 N–H and O–H groups in total. The first-order valence-corrected chi connectivity index (χ1v) is 8.06. The summed E-state index contributed by atoms with van der Waals surface area (Å²) in [6.45, 7) is 5.36. The van der Waals surface area contributed by atoms with Crippen molar-refractivity contribution >= 4 is 21.7 Å². The van der Waals surface area contributed by atoms with Gasteiger partial charge in [0.25, 0.3) is 0 Å². The van der Waals surface area contributed by atoms with Crippen molar-refractivity contribution in [2.75, 3.05) is 13.3 Å². The third-order valence-corrected chi connectivity index (χ3v) is 4.48. The molecule has 0 fully saturated rings. The first-order chi connectivity index (χ1) is 11.5. The lowest BCUT2D eigenvalue weighted by Gasteiger charge is -2.31. The molecule has 1 unspecified atom stereocenters. The van der Waals surface area contributed by atoms with Gasteiger partial charge in [-0.3, -0.25) is 4.90 Å². The molecule has 2 heterocycles.